The zero-order valence-electron chi connectivity index (χ0n) is 9.77. The summed E-state index contributed by atoms with van der Waals surface area (Å²) in [5.74, 6) is 0.753. The van der Waals surface area contributed by atoms with Crippen LogP contribution in [0.4, 0.5) is 5.82 Å². The van der Waals surface area contributed by atoms with Gasteiger partial charge >= 0.3 is 0 Å². The number of hydrogen-bond acceptors (Lipinski definition) is 2. The van der Waals surface area contributed by atoms with E-state index in [-0.39, 0.29) is 0 Å². The van der Waals surface area contributed by atoms with E-state index in [4.69, 9.17) is 5.73 Å². The first-order valence-electron chi connectivity index (χ1n) is 5.68. The highest BCUT2D eigenvalue weighted by Crippen LogP contribution is 2.20. The average molecular weight is 215 g/mol. The summed E-state index contributed by atoms with van der Waals surface area (Å²) in [5.41, 5.74) is 9.52. The maximum Gasteiger partial charge on any atom is 0.130 e. The van der Waals surface area contributed by atoms with Gasteiger partial charge in [-0.2, -0.15) is 5.10 Å². The van der Waals surface area contributed by atoms with E-state index in [0.29, 0.717) is 0 Å². The summed E-state index contributed by atoms with van der Waals surface area (Å²) in [7, 11) is 0. The molecule has 0 aliphatic carbocycles. The van der Waals surface area contributed by atoms with Gasteiger partial charge in [-0.25, -0.2) is 4.68 Å². The second-order valence-electron chi connectivity index (χ2n) is 3.80. The third-order valence-corrected chi connectivity index (χ3v) is 2.87. The van der Waals surface area contributed by atoms with Crippen molar-refractivity contribution in [2.45, 2.75) is 26.7 Å². The molecule has 84 valence electrons. The Kier molecular flexibility index (Phi) is 2.95. The molecule has 0 radical (unpaired) electrons. The second kappa shape index (κ2) is 4.39. The lowest BCUT2D eigenvalue weighted by Crippen LogP contribution is -2.05. The summed E-state index contributed by atoms with van der Waals surface area (Å²) in [5, 5.41) is 4.36. The monoisotopic (exact) mass is 215 g/mol. The number of aromatic nitrogens is 2. The van der Waals surface area contributed by atoms with Crippen LogP contribution in [0.15, 0.2) is 30.5 Å². The van der Waals surface area contributed by atoms with Crippen molar-refractivity contribution in [2.75, 3.05) is 5.73 Å². The van der Waals surface area contributed by atoms with Crippen LogP contribution in [0, 0.1) is 0 Å². The standard InChI is InChI=1S/C13H17N3/c1-3-10-7-5-6-8-12(10)16-13(14)11(4-2)9-15-16/h5-9H,3-4,14H2,1-2H3. The minimum Gasteiger partial charge on any atom is -0.383 e. The predicted octanol–water partition coefficient (Wildman–Crippen LogP) is 2.58. The van der Waals surface area contributed by atoms with E-state index in [1.54, 1.807) is 0 Å². The molecule has 1 heterocycles. The van der Waals surface area contributed by atoms with Gasteiger partial charge in [-0.1, -0.05) is 32.0 Å². The van der Waals surface area contributed by atoms with Crippen LogP contribution in [0.5, 0.6) is 0 Å². The summed E-state index contributed by atoms with van der Waals surface area (Å²) in [6.45, 7) is 4.22. The van der Waals surface area contributed by atoms with Crippen molar-refractivity contribution in [1.82, 2.24) is 9.78 Å². The van der Waals surface area contributed by atoms with E-state index in [1.165, 1.54) is 5.56 Å². The lowest BCUT2D eigenvalue weighted by atomic mass is 10.1. The van der Waals surface area contributed by atoms with Gasteiger partial charge in [0.1, 0.15) is 5.82 Å². The maximum atomic E-state index is 6.07. The van der Waals surface area contributed by atoms with Gasteiger partial charge in [-0.3, -0.25) is 0 Å². The third-order valence-electron chi connectivity index (χ3n) is 2.87. The van der Waals surface area contributed by atoms with Crippen LogP contribution in [0.1, 0.15) is 25.0 Å². The van der Waals surface area contributed by atoms with Crippen molar-refractivity contribution in [1.29, 1.82) is 0 Å². The quantitative estimate of drug-likeness (QED) is 0.855. The molecule has 2 rings (SSSR count). The summed E-state index contributed by atoms with van der Waals surface area (Å²) in [6.07, 6.45) is 3.75. The van der Waals surface area contributed by atoms with Crippen LogP contribution in [-0.2, 0) is 12.8 Å². The van der Waals surface area contributed by atoms with Crippen molar-refractivity contribution in [3.63, 3.8) is 0 Å². The largest absolute Gasteiger partial charge is 0.383 e. The predicted molar refractivity (Wildman–Crippen MR) is 66.7 cm³/mol. The zero-order valence-corrected chi connectivity index (χ0v) is 9.77. The van der Waals surface area contributed by atoms with Gasteiger partial charge in [0.15, 0.2) is 0 Å². The maximum absolute atomic E-state index is 6.07. The fourth-order valence-corrected chi connectivity index (χ4v) is 1.87. The lowest BCUT2D eigenvalue weighted by Gasteiger charge is -2.09. The first-order chi connectivity index (χ1) is 7.77. The molecule has 2 N–H and O–H groups in total. The Bertz CT molecular complexity index is 486. The molecule has 0 saturated heterocycles. The van der Waals surface area contributed by atoms with Crippen LogP contribution in [0.25, 0.3) is 5.69 Å². The number of nitrogen functional groups attached to an aromatic ring is 1. The van der Waals surface area contributed by atoms with Gasteiger partial charge in [0, 0.05) is 5.56 Å². The van der Waals surface area contributed by atoms with Crippen LogP contribution in [-0.4, -0.2) is 9.78 Å². The Labute approximate surface area is 95.9 Å². The molecular weight excluding hydrogens is 198 g/mol. The lowest BCUT2D eigenvalue weighted by molar-refractivity contribution is 0.872. The highest BCUT2D eigenvalue weighted by molar-refractivity contribution is 5.50. The Morgan fingerprint density at radius 2 is 1.81 bits per heavy atom. The molecule has 16 heavy (non-hydrogen) atoms. The molecule has 0 amide bonds. The molecule has 0 atom stereocenters. The van der Waals surface area contributed by atoms with E-state index < -0.39 is 0 Å². The fraction of sp³-hybridized carbons (Fsp3) is 0.308. The smallest absolute Gasteiger partial charge is 0.130 e. The molecule has 3 nitrogen and oxygen atoms in total. The van der Waals surface area contributed by atoms with Crippen molar-refractivity contribution in [3.05, 3.63) is 41.6 Å². The Balaban J connectivity index is 2.54. The van der Waals surface area contributed by atoms with E-state index in [2.05, 4.69) is 31.1 Å². The number of nitrogens with zero attached hydrogens (tertiary/aromatic N) is 2. The molecule has 0 fully saturated rings. The van der Waals surface area contributed by atoms with E-state index in [1.807, 2.05) is 23.0 Å². The minimum atomic E-state index is 0.753. The molecular formula is C13H17N3. The minimum absolute atomic E-state index is 0.753. The van der Waals surface area contributed by atoms with Crippen molar-refractivity contribution < 1.29 is 0 Å². The van der Waals surface area contributed by atoms with Gasteiger partial charge in [-0.05, 0) is 24.5 Å². The van der Waals surface area contributed by atoms with Gasteiger partial charge < -0.3 is 5.73 Å². The van der Waals surface area contributed by atoms with Crippen LogP contribution < -0.4 is 5.73 Å². The van der Waals surface area contributed by atoms with Crippen LogP contribution >= 0.6 is 0 Å². The molecule has 3 heteroatoms. The van der Waals surface area contributed by atoms with Gasteiger partial charge in [0.05, 0.1) is 11.9 Å². The van der Waals surface area contributed by atoms with Gasteiger partial charge in [0.2, 0.25) is 0 Å². The number of benzene rings is 1. The molecule has 0 saturated carbocycles. The first-order valence-corrected chi connectivity index (χ1v) is 5.68. The number of nitrogens with two attached hydrogens (primary N) is 1. The summed E-state index contributed by atoms with van der Waals surface area (Å²) < 4.78 is 1.83. The Morgan fingerprint density at radius 3 is 2.44 bits per heavy atom. The highest BCUT2D eigenvalue weighted by atomic mass is 15.3. The topological polar surface area (TPSA) is 43.8 Å². The summed E-state index contributed by atoms with van der Waals surface area (Å²) in [6, 6.07) is 8.23. The fourth-order valence-electron chi connectivity index (χ4n) is 1.87. The van der Waals surface area contributed by atoms with E-state index in [9.17, 15) is 0 Å². The van der Waals surface area contributed by atoms with Gasteiger partial charge in [-0.15, -0.1) is 0 Å². The van der Waals surface area contributed by atoms with Crippen molar-refractivity contribution >= 4 is 5.82 Å². The van der Waals surface area contributed by atoms with E-state index >= 15 is 0 Å². The molecule has 2 aromatic rings. The summed E-state index contributed by atoms with van der Waals surface area (Å²) >= 11 is 0. The summed E-state index contributed by atoms with van der Waals surface area (Å²) in [4.78, 5) is 0. The first kappa shape index (κ1) is 10.7. The molecule has 0 aliphatic heterocycles. The van der Waals surface area contributed by atoms with Crippen LogP contribution in [0.2, 0.25) is 0 Å². The number of aryl methyl sites for hydroxylation is 2. The molecule has 0 unspecified atom stereocenters. The highest BCUT2D eigenvalue weighted by Gasteiger charge is 2.09. The van der Waals surface area contributed by atoms with E-state index in [0.717, 1.165) is 29.9 Å². The normalized spacial score (nSPS) is 10.6. The molecule has 1 aromatic carbocycles. The van der Waals surface area contributed by atoms with Crippen molar-refractivity contribution in [2.24, 2.45) is 0 Å². The SMILES string of the molecule is CCc1ccccc1-n1ncc(CC)c1N. The van der Waals surface area contributed by atoms with Gasteiger partial charge in [0.25, 0.3) is 0 Å². The third kappa shape index (κ3) is 1.69. The molecule has 0 aliphatic rings. The second-order valence-corrected chi connectivity index (χ2v) is 3.80. The van der Waals surface area contributed by atoms with Crippen molar-refractivity contribution in [3.8, 4) is 5.69 Å². The van der Waals surface area contributed by atoms with Crippen LogP contribution in [0.3, 0.4) is 0 Å². The number of para-hydroxylation sites is 1. The Morgan fingerprint density at radius 1 is 1.12 bits per heavy atom. The average Bonchev–Trinajstić information content (AvgIpc) is 2.70. The Hall–Kier alpha value is -1.77. The molecule has 0 spiro atoms. The number of hydrogen-bond donors (Lipinski definition) is 1. The molecule has 1 aromatic heterocycles. The number of anilines is 1. The number of rotatable bonds is 3. The molecule has 0 bridgehead atoms. The zero-order chi connectivity index (χ0) is 11.5.